The molecular weight excluding hydrogens is 311 g/mol. The fourth-order valence-corrected chi connectivity index (χ4v) is 2.69. The minimum atomic E-state index is -0.542. The van der Waals surface area contributed by atoms with Crippen LogP contribution in [-0.2, 0) is 0 Å². The smallest absolute Gasteiger partial charge is 0.254 e. The van der Waals surface area contributed by atoms with Gasteiger partial charge in [-0.3, -0.25) is 4.79 Å². The number of amides is 1. The fraction of sp³-hybridized carbons (Fsp3) is 0.333. The Morgan fingerprint density at radius 3 is 2.83 bits per heavy atom. The highest BCUT2D eigenvalue weighted by atomic mass is 19.1. The summed E-state index contributed by atoms with van der Waals surface area (Å²) in [6, 6.07) is 7.98. The van der Waals surface area contributed by atoms with Crippen LogP contribution >= 0.6 is 0 Å². The van der Waals surface area contributed by atoms with Crippen molar-refractivity contribution in [3.8, 4) is 11.6 Å². The quantitative estimate of drug-likeness (QED) is 0.865. The lowest BCUT2D eigenvalue weighted by molar-refractivity contribution is 0.0770. The largest absolute Gasteiger partial charge is 0.494 e. The summed E-state index contributed by atoms with van der Waals surface area (Å²) in [4.78, 5) is 18.4. The summed E-state index contributed by atoms with van der Waals surface area (Å²) in [6.07, 6.45) is 2.36. The fourth-order valence-electron chi connectivity index (χ4n) is 2.69. The van der Waals surface area contributed by atoms with E-state index in [4.69, 9.17) is 9.47 Å². The Bertz CT molecular complexity index is 734. The molecule has 1 aromatic heterocycles. The second kappa shape index (κ2) is 6.86. The van der Waals surface area contributed by atoms with Crippen molar-refractivity contribution in [1.82, 2.24) is 9.88 Å². The molecular formula is C18H19FN2O3. The van der Waals surface area contributed by atoms with E-state index in [-0.39, 0.29) is 17.8 Å². The van der Waals surface area contributed by atoms with E-state index in [1.54, 1.807) is 17.2 Å². The van der Waals surface area contributed by atoms with E-state index in [0.29, 0.717) is 24.5 Å². The molecule has 1 unspecified atom stereocenters. The monoisotopic (exact) mass is 330 g/mol. The number of methoxy groups -OCH3 is 1. The number of carbonyl (C=O) groups excluding carboxylic acids is 1. The third-order valence-electron chi connectivity index (χ3n) is 4.00. The predicted molar refractivity (Wildman–Crippen MR) is 86.9 cm³/mol. The first-order valence-corrected chi connectivity index (χ1v) is 7.79. The van der Waals surface area contributed by atoms with Gasteiger partial charge in [0.1, 0.15) is 6.10 Å². The molecule has 0 saturated carbocycles. The van der Waals surface area contributed by atoms with Crippen molar-refractivity contribution in [2.75, 3.05) is 20.2 Å². The number of rotatable bonds is 4. The van der Waals surface area contributed by atoms with Gasteiger partial charge in [0, 0.05) is 30.8 Å². The van der Waals surface area contributed by atoms with Gasteiger partial charge in [0.15, 0.2) is 11.6 Å². The Morgan fingerprint density at radius 1 is 1.33 bits per heavy atom. The van der Waals surface area contributed by atoms with Gasteiger partial charge in [-0.25, -0.2) is 9.37 Å². The molecule has 2 aromatic rings. The zero-order valence-corrected chi connectivity index (χ0v) is 13.7. The first kappa shape index (κ1) is 16.2. The van der Waals surface area contributed by atoms with E-state index in [9.17, 15) is 9.18 Å². The molecule has 2 heterocycles. The van der Waals surface area contributed by atoms with E-state index < -0.39 is 5.82 Å². The Balaban J connectivity index is 1.63. The molecule has 1 aliphatic rings. The molecule has 1 fully saturated rings. The van der Waals surface area contributed by atoms with Crippen LogP contribution in [0.1, 0.15) is 22.3 Å². The number of pyridine rings is 1. The maximum Gasteiger partial charge on any atom is 0.254 e. The van der Waals surface area contributed by atoms with Crippen LogP contribution in [0, 0.1) is 12.7 Å². The standard InChI is InChI=1S/C18H19FN2O3/c1-12-3-6-17(20-10-12)24-14-7-8-21(11-14)18(22)13-4-5-16(23-2)15(19)9-13/h3-6,9-10,14H,7-8,11H2,1-2H3. The Hall–Kier alpha value is -2.63. The maximum atomic E-state index is 13.8. The Kier molecular flexibility index (Phi) is 4.64. The average Bonchev–Trinajstić information content (AvgIpc) is 3.04. The van der Waals surface area contributed by atoms with E-state index in [2.05, 4.69) is 4.98 Å². The van der Waals surface area contributed by atoms with Crippen LogP contribution in [0.4, 0.5) is 4.39 Å². The SMILES string of the molecule is COc1ccc(C(=O)N2CCC(Oc3ccc(C)cn3)C2)cc1F. The lowest BCUT2D eigenvalue weighted by Gasteiger charge is -2.17. The van der Waals surface area contributed by atoms with Crippen LogP contribution in [0.5, 0.6) is 11.6 Å². The zero-order valence-electron chi connectivity index (χ0n) is 13.7. The summed E-state index contributed by atoms with van der Waals surface area (Å²) in [5.74, 6) is -0.0752. The number of benzene rings is 1. The number of likely N-dealkylation sites (tertiary alicyclic amines) is 1. The summed E-state index contributed by atoms with van der Waals surface area (Å²) in [5.41, 5.74) is 1.37. The van der Waals surface area contributed by atoms with Crippen LogP contribution in [-0.4, -0.2) is 42.1 Å². The first-order chi connectivity index (χ1) is 11.6. The van der Waals surface area contributed by atoms with Crippen LogP contribution in [0.15, 0.2) is 36.5 Å². The average molecular weight is 330 g/mol. The van der Waals surface area contributed by atoms with E-state index in [1.165, 1.54) is 19.2 Å². The second-order valence-corrected chi connectivity index (χ2v) is 5.80. The zero-order chi connectivity index (χ0) is 17.1. The summed E-state index contributed by atoms with van der Waals surface area (Å²) < 4.78 is 24.4. The molecule has 126 valence electrons. The number of aromatic nitrogens is 1. The summed E-state index contributed by atoms with van der Waals surface area (Å²) in [5, 5.41) is 0. The maximum absolute atomic E-state index is 13.8. The molecule has 1 amide bonds. The Morgan fingerprint density at radius 2 is 2.17 bits per heavy atom. The lowest BCUT2D eigenvalue weighted by Crippen LogP contribution is -2.31. The Labute approximate surface area is 140 Å². The van der Waals surface area contributed by atoms with Gasteiger partial charge >= 0.3 is 0 Å². The number of aryl methyl sites for hydroxylation is 1. The van der Waals surface area contributed by atoms with Gasteiger partial charge in [0.25, 0.3) is 5.91 Å². The molecule has 0 radical (unpaired) electrons. The van der Waals surface area contributed by atoms with Crippen LogP contribution in [0.3, 0.4) is 0 Å². The van der Waals surface area contributed by atoms with E-state index >= 15 is 0 Å². The molecule has 3 rings (SSSR count). The highest BCUT2D eigenvalue weighted by molar-refractivity contribution is 5.94. The summed E-state index contributed by atoms with van der Waals surface area (Å²) in [6.45, 7) is 2.99. The van der Waals surface area contributed by atoms with Gasteiger partial charge in [0.05, 0.1) is 13.7 Å². The number of carbonyl (C=O) groups is 1. The minimum absolute atomic E-state index is 0.104. The number of hydrogen-bond acceptors (Lipinski definition) is 4. The van der Waals surface area contributed by atoms with E-state index in [0.717, 1.165) is 12.0 Å². The first-order valence-electron chi connectivity index (χ1n) is 7.79. The van der Waals surface area contributed by atoms with Crippen molar-refractivity contribution < 1.29 is 18.7 Å². The molecule has 0 aliphatic carbocycles. The number of nitrogens with zero attached hydrogens (tertiary/aromatic N) is 2. The number of halogens is 1. The number of hydrogen-bond donors (Lipinski definition) is 0. The van der Waals surface area contributed by atoms with Gasteiger partial charge in [-0.1, -0.05) is 6.07 Å². The van der Waals surface area contributed by atoms with Gasteiger partial charge in [-0.2, -0.15) is 0 Å². The number of ether oxygens (including phenoxy) is 2. The molecule has 1 atom stereocenters. The van der Waals surface area contributed by atoms with Gasteiger partial charge in [-0.15, -0.1) is 0 Å². The molecule has 24 heavy (non-hydrogen) atoms. The molecule has 0 N–H and O–H groups in total. The predicted octanol–water partition coefficient (Wildman–Crippen LogP) is 2.83. The third-order valence-corrected chi connectivity index (χ3v) is 4.00. The van der Waals surface area contributed by atoms with Crippen molar-refractivity contribution >= 4 is 5.91 Å². The van der Waals surface area contributed by atoms with Crippen LogP contribution in [0.25, 0.3) is 0 Å². The van der Waals surface area contributed by atoms with Crippen molar-refractivity contribution in [3.63, 3.8) is 0 Å². The summed E-state index contributed by atoms with van der Waals surface area (Å²) in [7, 11) is 1.39. The molecule has 1 saturated heterocycles. The molecule has 1 aliphatic heterocycles. The topological polar surface area (TPSA) is 51.7 Å². The molecule has 6 heteroatoms. The molecule has 5 nitrogen and oxygen atoms in total. The van der Waals surface area contributed by atoms with Crippen LogP contribution < -0.4 is 9.47 Å². The van der Waals surface area contributed by atoms with Gasteiger partial charge in [0.2, 0.25) is 5.88 Å². The third kappa shape index (κ3) is 3.48. The van der Waals surface area contributed by atoms with Crippen molar-refractivity contribution in [3.05, 3.63) is 53.5 Å². The van der Waals surface area contributed by atoms with Crippen molar-refractivity contribution in [2.45, 2.75) is 19.4 Å². The van der Waals surface area contributed by atoms with E-state index in [1.807, 2.05) is 19.1 Å². The normalized spacial score (nSPS) is 17.0. The minimum Gasteiger partial charge on any atom is -0.494 e. The van der Waals surface area contributed by atoms with Gasteiger partial charge < -0.3 is 14.4 Å². The van der Waals surface area contributed by atoms with Gasteiger partial charge in [-0.05, 0) is 30.7 Å². The van der Waals surface area contributed by atoms with Crippen molar-refractivity contribution in [1.29, 1.82) is 0 Å². The highest BCUT2D eigenvalue weighted by Crippen LogP contribution is 2.22. The summed E-state index contributed by atoms with van der Waals surface area (Å²) >= 11 is 0. The molecule has 0 spiro atoms. The van der Waals surface area contributed by atoms with Crippen LogP contribution in [0.2, 0.25) is 0 Å². The molecule has 1 aromatic carbocycles. The van der Waals surface area contributed by atoms with Crippen molar-refractivity contribution in [2.24, 2.45) is 0 Å². The molecule has 0 bridgehead atoms. The lowest BCUT2D eigenvalue weighted by atomic mass is 10.2. The highest BCUT2D eigenvalue weighted by Gasteiger charge is 2.29. The second-order valence-electron chi connectivity index (χ2n) is 5.80.